The maximum Gasteiger partial charge on any atom is 0.309 e. The Morgan fingerprint density at radius 2 is 1.65 bits per heavy atom. The molecule has 4 aliphatic rings. The number of phenolic OH excluding ortho intramolecular Hbond substituents is 2. The highest BCUT2D eigenvalue weighted by Gasteiger charge is 2.67. The van der Waals surface area contributed by atoms with Crippen molar-refractivity contribution >= 4 is 16.9 Å². The lowest BCUT2D eigenvalue weighted by molar-refractivity contribution is -0.177. The van der Waals surface area contributed by atoms with Crippen LogP contribution in [0.15, 0.2) is 42.1 Å². The summed E-state index contributed by atoms with van der Waals surface area (Å²) in [4.78, 5) is 16.1. The fourth-order valence-electron chi connectivity index (χ4n) is 10.7. The first kappa shape index (κ1) is 28.6. The number of nitrogens with one attached hydrogen (secondary N) is 1. The molecule has 7 atom stereocenters. The van der Waals surface area contributed by atoms with Crippen LogP contribution in [0.25, 0.3) is 10.9 Å². The van der Waals surface area contributed by atoms with E-state index in [-0.39, 0.29) is 39.1 Å². The van der Waals surface area contributed by atoms with Gasteiger partial charge in [0.05, 0.1) is 5.41 Å². The molecule has 0 amide bonds. The van der Waals surface area contributed by atoms with Crippen LogP contribution in [-0.2, 0) is 10.2 Å². The van der Waals surface area contributed by atoms with Crippen molar-refractivity contribution < 1.29 is 20.1 Å². The Morgan fingerprint density at radius 3 is 2.37 bits per heavy atom. The molecule has 4 N–H and O–H groups in total. The summed E-state index contributed by atoms with van der Waals surface area (Å²) in [7, 11) is 0. The van der Waals surface area contributed by atoms with Crippen LogP contribution >= 0.6 is 0 Å². The number of fused-ring (bicyclic) bond motifs is 8. The minimum Gasteiger partial charge on any atom is -0.504 e. The van der Waals surface area contributed by atoms with E-state index in [9.17, 15) is 20.1 Å². The van der Waals surface area contributed by atoms with Gasteiger partial charge in [0.2, 0.25) is 0 Å². The van der Waals surface area contributed by atoms with Crippen LogP contribution in [0.2, 0.25) is 0 Å². The number of aromatic amines is 1. The lowest BCUT2D eigenvalue weighted by Gasteiger charge is -2.70. The standard InChI is InChI=1S/C38H47NO4/c1-21-8-9-23-25(20-39-27(23)16-21)24-17-29-36(5,26-18-28(40)32(41)22(2)31(24)26)13-15-38(7)30-19-35(4,33(42)43)11-10-34(30,3)12-14-37(29,38)6/h8-9,16-18,20,24,30,39-41H,10-15,19H2,1-7H3,(H,42,43)/t24-,30+,34+,35+,36-,37+,38-/m0/s1. The van der Waals surface area contributed by atoms with E-state index < -0.39 is 11.4 Å². The lowest BCUT2D eigenvalue weighted by Crippen LogP contribution is -2.62. The minimum atomic E-state index is -0.690. The smallest absolute Gasteiger partial charge is 0.309 e. The first-order valence-corrected chi connectivity index (χ1v) is 16.2. The van der Waals surface area contributed by atoms with Crippen molar-refractivity contribution in [3.05, 3.63) is 69.9 Å². The van der Waals surface area contributed by atoms with E-state index >= 15 is 0 Å². The zero-order chi connectivity index (χ0) is 30.9. The van der Waals surface area contributed by atoms with E-state index in [1.807, 2.05) is 19.9 Å². The first-order valence-electron chi connectivity index (χ1n) is 16.2. The molecule has 5 nitrogen and oxygen atoms in total. The summed E-state index contributed by atoms with van der Waals surface area (Å²) in [6.07, 6.45) is 11.2. The fraction of sp³-hybridized carbons (Fsp3) is 0.553. The molecule has 0 unspecified atom stereocenters. The number of carboxylic acid groups (broad SMARTS) is 1. The van der Waals surface area contributed by atoms with Gasteiger partial charge in [0, 0.05) is 28.4 Å². The van der Waals surface area contributed by atoms with Gasteiger partial charge in [-0.1, -0.05) is 51.5 Å². The van der Waals surface area contributed by atoms with Gasteiger partial charge in [-0.3, -0.25) is 4.79 Å². The number of aliphatic carboxylic acids is 1. The Hall–Kier alpha value is -3.21. The number of carbonyl (C=O) groups is 1. The van der Waals surface area contributed by atoms with Crippen molar-refractivity contribution in [2.75, 3.05) is 0 Å². The Balaban J connectivity index is 1.46. The summed E-state index contributed by atoms with van der Waals surface area (Å²) < 4.78 is 0. The summed E-state index contributed by atoms with van der Waals surface area (Å²) >= 11 is 0. The number of hydrogen-bond acceptors (Lipinski definition) is 3. The number of hydrogen-bond donors (Lipinski definition) is 4. The second-order valence-corrected chi connectivity index (χ2v) is 16.0. The number of rotatable bonds is 2. The minimum absolute atomic E-state index is 0.0321. The van der Waals surface area contributed by atoms with Crippen molar-refractivity contribution in [3.8, 4) is 11.5 Å². The highest BCUT2D eigenvalue weighted by Crippen LogP contribution is 2.75. The van der Waals surface area contributed by atoms with Gasteiger partial charge in [-0.2, -0.15) is 0 Å². The van der Waals surface area contributed by atoms with Gasteiger partial charge in [-0.15, -0.1) is 0 Å². The van der Waals surface area contributed by atoms with E-state index in [4.69, 9.17) is 0 Å². The summed E-state index contributed by atoms with van der Waals surface area (Å²) in [6, 6.07) is 8.39. The Labute approximate surface area is 255 Å². The third kappa shape index (κ3) is 3.54. The van der Waals surface area contributed by atoms with Crippen LogP contribution in [0.5, 0.6) is 11.5 Å². The van der Waals surface area contributed by atoms with Crippen molar-refractivity contribution in [1.29, 1.82) is 0 Å². The molecule has 7 rings (SSSR count). The lowest BCUT2D eigenvalue weighted by atomic mass is 9.34. The molecule has 0 saturated heterocycles. The molecule has 0 radical (unpaired) electrons. The number of benzene rings is 2. The Kier molecular flexibility index (Phi) is 5.78. The van der Waals surface area contributed by atoms with E-state index in [2.05, 4.69) is 70.1 Å². The van der Waals surface area contributed by atoms with Crippen LogP contribution in [0.4, 0.5) is 0 Å². The summed E-state index contributed by atoms with van der Waals surface area (Å²) in [5.74, 6) is -0.507. The van der Waals surface area contributed by atoms with Gasteiger partial charge in [-0.05, 0) is 128 Å². The Bertz CT molecular complexity index is 1730. The molecule has 5 heteroatoms. The molecule has 1 heterocycles. The number of H-pyrrole nitrogens is 1. The van der Waals surface area contributed by atoms with E-state index in [0.717, 1.165) is 67.2 Å². The second kappa shape index (κ2) is 8.70. The SMILES string of the molecule is Cc1ccc2c([C@@H]3C=C4[C@@](C)(CC[C@@]5(C)[C@@H]6C[C@](C)(C(=O)O)CC[C@]6(C)CC[C@]45C)c4cc(O)c(O)c(C)c43)c[nH]c2c1. The van der Waals surface area contributed by atoms with Crippen LogP contribution < -0.4 is 0 Å². The van der Waals surface area contributed by atoms with E-state index in [0.29, 0.717) is 5.92 Å². The number of carboxylic acids is 1. The number of aromatic hydroxyl groups is 2. The van der Waals surface area contributed by atoms with E-state index in [1.54, 1.807) is 0 Å². The number of allylic oxidation sites excluding steroid dienone is 2. The third-order valence-corrected chi connectivity index (χ3v) is 13.8. The Morgan fingerprint density at radius 1 is 0.930 bits per heavy atom. The average Bonchev–Trinajstić information content (AvgIpc) is 3.37. The number of phenols is 2. The summed E-state index contributed by atoms with van der Waals surface area (Å²) in [5.41, 5.74) is 6.86. The molecule has 1 aromatic heterocycles. The zero-order valence-electron chi connectivity index (χ0n) is 26.8. The van der Waals surface area contributed by atoms with Crippen LogP contribution in [0.3, 0.4) is 0 Å². The largest absolute Gasteiger partial charge is 0.504 e. The molecule has 43 heavy (non-hydrogen) atoms. The molecule has 3 aromatic rings. The quantitative estimate of drug-likeness (QED) is 0.179. The monoisotopic (exact) mass is 581 g/mol. The van der Waals surface area contributed by atoms with Gasteiger partial charge >= 0.3 is 5.97 Å². The molecule has 3 fully saturated rings. The maximum absolute atomic E-state index is 12.6. The van der Waals surface area contributed by atoms with Crippen LogP contribution in [0, 0.1) is 41.4 Å². The number of aromatic nitrogens is 1. The molecular weight excluding hydrogens is 534 g/mol. The molecule has 0 spiro atoms. The second-order valence-electron chi connectivity index (χ2n) is 16.0. The van der Waals surface area contributed by atoms with Gasteiger partial charge < -0.3 is 20.3 Å². The highest BCUT2D eigenvalue weighted by atomic mass is 16.4. The first-order chi connectivity index (χ1) is 20.1. The fourth-order valence-corrected chi connectivity index (χ4v) is 10.7. The predicted octanol–water partition coefficient (Wildman–Crippen LogP) is 9.02. The van der Waals surface area contributed by atoms with Crippen molar-refractivity contribution in [1.82, 2.24) is 4.98 Å². The van der Waals surface area contributed by atoms with Crippen LogP contribution in [0.1, 0.15) is 113 Å². The molecule has 3 saturated carbocycles. The molecular formula is C38H47NO4. The van der Waals surface area contributed by atoms with Gasteiger partial charge in [0.15, 0.2) is 11.5 Å². The predicted molar refractivity (Wildman–Crippen MR) is 171 cm³/mol. The normalized spacial score (nSPS) is 38.4. The summed E-state index contributed by atoms with van der Waals surface area (Å²) in [5, 5.41) is 33.5. The molecule has 0 bridgehead atoms. The highest BCUT2D eigenvalue weighted by molar-refractivity contribution is 5.86. The average molecular weight is 582 g/mol. The van der Waals surface area contributed by atoms with Crippen molar-refractivity contribution in [2.24, 2.45) is 27.6 Å². The van der Waals surface area contributed by atoms with Gasteiger partial charge in [0.1, 0.15) is 0 Å². The van der Waals surface area contributed by atoms with Crippen LogP contribution in [-0.4, -0.2) is 26.3 Å². The molecule has 2 aromatic carbocycles. The van der Waals surface area contributed by atoms with Crippen molar-refractivity contribution in [3.63, 3.8) is 0 Å². The molecule has 228 valence electrons. The summed E-state index contributed by atoms with van der Waals surface area (Å²) in [6.45, 7) is 15.7. The van der Waals surface area contributed by atoms with Gasteiger partial charge in [-0.25, -0.2) is 0 Å². The maximum atomic E-state index is 12.6. The zero-order valence-corrected chi connectivity index (χ0v) is 26.8. The third-order valence-electron chi connectivity index (χ3n) is 13.8. The number of aryl methyl sites for hydroxylation is 1. The topological polar surface area (TPSA) is 93.6 Å². The van der Waals surface area contributed by atoms with E-state index in [1.165, 1.54) is 22.1 Å². The van der Waals surface area contributed by atoms with Crippen molar-refractivity contribution in [2.45, 2.75) is 105 Å². The molecule has 0 aliphatic heterocycles. The molecule has 4 aliphatic carbocycles. The van der Waals surface area contributed by atoms with Gasteiger partial charge in [0.25, 0.3) is 0 Å².